The van der Waals surface area contributed by atoms with Crippen LogP contribution in [-0.2, 0) is 14.3 Å². The van der Waals surface area contributed by atoms with Gasteiger partial charge in [0.1, 0.15) is 6.61 Å². The van der Waals surface area contributed by atoms with E-state index in [1.165, 1.54) is 17.8 Å². The molecule has 1 aromatic rings. The fraction of sp³-hybridized carbons (Fsp3) is 0.409. The number of carbonyl (C=O) groups is 2. The van der Waals surface area contributed by atoms with Crippen LogP contribution in [0.3, 0.4) is 0 Å². The molecule has 0 saturated carbocycles. The second-order valence-electron chi connectivity index (χ2n) is 6.62. The molecule has 2 heterocycles. The molecule has 160 valence electrons. The molecule has 1 saturated heterocycles. The largest absolute Gasteiger partial charge is 0.490 e. The van der Waals surface area contributed by atoms with E-state index in [4.69, 9.17) is 14.2 Å². The number of benzene rings is 1. The molecule has 0 N–H and O–H groups in total. The molecule has 0 radical (unpaired) electrons. The number of hydrogen-bond donors (Lipinski definition) is 0. The van der Waals surface area contributed by atoms with Gasteiger partial charge in [-0.2, -0.15) is 0 Å². The first-order chi connectivity index (χ1) is 14.5. The monoisotopic (exact) mass is 430 g/mol. The number of hydrogen-bond acceptors (Lipinski definition) is 7. The van der Waals surface area contributed by atoms with E-state index in [0.717, 1.165) is 5.56 Å². The van der Waals surface area contributed by atoms with E-state index < -0.39 is 12.0 Å². The minimum Gasteiger partial charge on any atom is -0.490 e. The van der Waals surface area contributed by atoms with E-state index in [1.54, 1.807) is 17.9 Å². The number of nitrogens with zero attached hydrogens (tertiary/aromatic N) is 2. The number of amidine groups is 1. The Bertz CT molecular complexity index is 909. The molecule has 1 aromatic carbocycles. The molecule has 2 aliphatic rings. The first-order valence-corrected chi connectivity index (χ1v) is 10.9. The quantitative estimate of drug-likeness (QED) is 0.460. The molecule has 2 aliphatic heterocycles. The van der Waals surface area contributed by atoms with Crippen LogP contribution in [-0.4, -0.2) is 47.5 Å². The van der Waals surface area contributed by atoms with Gasteiger partial charge < -0.3 is 14.2 Å². The summed E-state index contributed by atoms with van der Waals surface area (Å²) in [6.45, 7) is 10.2. The van der Waals surface area contributed by atoms with Crippen LogP contribution in [0.15, 0.2) is 47.1 Å². The Morgan fingerprint density at radius 1 is 1.30 bits per heavy atom. The molecule has 1 atom stereocenters. The summed E-state index contributed by atoms with van der Waals surface area (Å²) in [4.78, 5) is 31.9. The summed E-state index contributed by atoms with van der Waals surface area (Å²) in [5, 5.41) is 0.598. The van der Waals surface area contributed by atoms with Gasteiger partial charge in [0, 0.05) is 12.2 Å². The average molecular weight is 431 g/mol. The standard InChI is InChI=1S/C22H26N2O5S/c1-5-11-29-21(26)19-14(4)23-22-24(18(25)10-12-30-22)20(19)15-8-9-16(27-6-2)17(13-15)28-7-3/h5,8-9,13,20H,1,6-7,10-12H2,2-4H3/t20-/m0/s1. The number of carbonyl (C=O) groups excluding carboxylic acids is 2. The zero-order valence-corrected chi connectivity index (χ0v) is 18.3. The van der Waals surface area contributed by atoms with Gasteiger partial charge in [0.25, 0.3) is 0 Å². The van der Waals surface area contributed by atoms with Crippen LogP contribution in [0.5, 0.6) is 11.5 Å². The van der Waals surface area contributed by atoms with Gasteiger partial charge in [0.05, 0.1) is 30.5 Å². The van der Waals surface area contributed by atoms with E-state index in [-0.39, 0.29) is 12.5 Å². The minimum atomic E-state index is -0.648. The first kappa shape index (κ1) is 22.0. The van der Waals surface area contributed by atoms with Gasteiger partial charge in [-0.3, -0.25) is 9.69 Å². The Labute approximate surface area is 180 Å². The van der Waals surface area contributed by atoms with E-state index in [2.05, 4.69) is 11.6 Å². The van der Waals surface area contributed by atoms with Crippen molar-refractivity contribution in [2.24, 2.45) is 4.99 Å². The summed E-state index contributed by atoms with van der Waals surface area (Å²) in [7, 11) is 0. The van der Waals surface area contributed by atoms with Gasteiger partial charge in [0.2, 0.25) is 5.91 Å². The number of rotatable bonds is 8. The molecule has 3 rings (SSSR count). The van der Waals surface area contributed by atoms with Crippen LogP contribution in [0.4, 0.5) is 0 Å². The predicted molar refractivity (Wildman–Crippen MR) is 117 cm³/mol. The summed E-state index contributed by atoms with van der Waals surface area (Å²) < 4.78 is 16.7. The number of allylic oxidation sites excluding steroid dienone is 1. The van der Waals surface area contributed by atoms with Crippen LogP contribution in [0.2, 0.25) is 0 Å². The average Bonchev–Trinajstić information content (AvgIpc) is 2.73. The van der Waals surface area contributed by atoms with Crippen molar-refractivity contribution in [3.05, 3.63) is 47.7 Å². The highest BCUT2D eigenvalue weighted by Gasteiger charge is 2.41. The molecule has 0 spiro atoms. The zero-order chi connectivity index (χ0) is 21.7. The number of amides is 1. The molecule has 0 bridgehead atoms. The second kappa shape index (κ2) is 9.84. The Balaban J connectivity index is 2.12. The zero-order valence-electron chi connectivity index (χ0n) is 17.5. The molecule has 1 amide bonds. The normalized spacial score (nSPS) is 18.5. The SMILES string of the molecule is C=CCOC(=O)C1=C(C)N=C2SCCC(=O)N2[C@H]1c1ccc(OCC)c(OCC)c1. The van der Waals surface area contributed by atoms with E-state index in [9.17, 15) is 9.59 Å². The van der Waals surface area contributed by atoms with Gasteiger partial charge >= 0.3 is 5.97 Å². The highest BCUT2D eigenvalue weighted by molar-refractivity contribution is 8.14. The number of ether oxygens (including phenoxy) is 3. The maximum Gasteiger partial charge on any atom is 0.338 e. The van der Waals surface area contributed by atoms with Gasteiger partial charge in [-0.15, -0.1) is 0 Å². The Kier molecular flexibility index (Phi) is 7.20. The highest BCUT2D eigenvalue weighted by atomic mass is 32.2. The fourth-order valence-electron chi connectivity index (χ4n) is 3.42. The lowest BCUT2D eigenvalue weighted by atomic mass is 9.93. The third-order valence-electron chi connectivity index (χ3n) is 4.64. The number of fused-ring (bicyclic) bond motifs is 1. The topological polar surface area (TPSA) is 77.4 Å². The summed E-state index contributed by atoms with van der Waals surface area (Å²) in [5.74, 6) is 1.25. The smallest absolute Gasteiger partial charge is 0.338 e. The molecule has 0 unspecified atom stereocenters. The highest BCUT2D eigenvalue weighted by Crippen LogP contribution is 2.42. The predicted octanol–water partition coefficient (Wildman–Crippen LogP) is 3.86. The van der Waals surface area contributed by atoms with Gasteiger partial charge in [-0.25, -0.2) is 9.79 Å². The van der Waals surface area contributed by atoms with Crippen molar-refractivity contribution in [3.63, 3.8) is 0 Å². The van der Waals surface area contributed by atoms with Gasteiger partial charge in [-0.05, 0) is 38.5 Å². The fourth-order valence-corrected chi connectivity index (χ4v) is 4.43. The Morgan fingerprint density at radius 3 is 2.73 bits per heavy atom. The Morgan fingerprint density at radius 2 is 2.03 bits per heavy atom. The van der Waals surface area contributed by atoms with Gasteiger partial charge in [0.15, 0.2) is 16.7 Å². The van der Waals surface area contributed by atoms with Crippen molar-refractivity contribution in [1.29, 1.82) is 0 Å². The van der Waals surface area contributed by atoms with Crippen LogP contribution in [0.1, 0.15) is 38.8 Å². The van der Waals surface area contributed by atoms with E-state index in [0.29, 0.717) is 53.3 Å². The van der Waals surface area contributed by atoms with Crippen molar-refractivity contribution in [1.82, 2.24) is 4.90 Å². The molecule has 0 aliphatic carbocycles. The van der Waals surface area contributed by atoms with Crippen molar-refractivity contribution >= 4 is 28.8 Å². The minimum absolute atomic E-state index is 0.0779. The van der Waals surface area contributed by atoms with Crippen LogP contribution in [0.25, 0.3) is 0 Å². The lowest BCUT2D eigenvalue weighted by Crippen LogP contribution is -2.45. The molecule has 1 fully saturated rings. The van der Waals surface area contributed by atoms with E-state index >= 15 is 0 Å². The molecule has 0 aromatic heterocycles. The third-order valence-corrected chi connectivity index (χ3v) is 5.60. The summed E-state index contributed by atoms with van der Waals surface area (Å²) in [5.41, 5.74) is 1.60. The van der Waals surface area contributed by atoms with Gasteiger partial charge in [-0.1, -0.05) is 30.5 Å². The van der Waals surface area contributed by atoms with Crippen molar-refractivity contribution in [3.8, 4) is 11.5 Å². The van der Waals surface area contributed by atoms with Crippen LogP contribution < -0.4 is 9.47 Å². The van der Waals surface area contributed by atoms with E-state index in [1.807, 2.05) is 26.0 Å². The first-order valence-electron chi connectivity index (χ1n) is 9.93. The number of esters is 1. The number of thioether (sulfide) groups is 1. The molecule has 7 nitrogen and oxygen atoms in total. The van der Waals surface area contributed by atoms with Crippen molar-refractivity contribution < 1.29 is 23.8 Å². The summed E-state index contributed by atoms with van der Waals surface area (Å²) >= 11 is 1.51. The third kappa shape index (κ3) is 4.38. The van der Waals surface area contributed by atoms with Crippen molar-refractivity contribution in [2.45, 2.75) is 33.2 Å². The van der Waals surface area contributed by atoms with Crippen LogP contribution >= 0.6 is 11.8 Å². The molecular weight excluding hydrogens is 404 g/mol. The lowest BCUT2D eigenvalue weighted by Gasteiger charge is -2.39. The maximum atomic E-state index is 12.9. The second-order valence-corrected chi connectivity index (χ2v) is 7.68. The lowest BCUT2D eigenvalue weighted by molar-refractivity contribution is -0.139. The van der Waals surface area contributed by atoms with Crippen LogP contribution in [0, 0.1) is 0 Å². The molecule has 8 heteroatoms. The molecular formula is C22H26N2O5S. The maximum absolute atomic E-state index is 12.9. The Hall–Kier alpha value is -2.74. The van der Waals surface area contributed by atoms with Crippen molar-refractivity contribution in [2.75, 3.05) is 25.6 Å². The summed E-state index contributed by atoms with van der Waals surface area (Å²) in [6, 6.07) is 4.83. The molecule has 30 heavy (non-hydrogen) atoms. The summed E-state index contributed by atoms with van der Waals surface area (Å²) in [6.07, 6.45) is 1.88. The number of aliphatic imine (C=N–C) groups is 1.